The number of nitrogens with zero attached hydrogens (tertiary/aromatic N) is 2. The minimum Gasteiger partial charge on any atom is -0.308 e. The second-order valence-electron chi connectivity index (χ2n) is 10.4. The van der Waals surface area contributed by atoms with E-state index in [0.717, 1.165) is 16.7 Å². The molecule has 0 aliphatic heterocycles. The van der Waals surface area contributed by atoms with Crippen molar-refractivity contribution < 1.29 is 0 Å². The van der Waals surface area contributed by atoms with Gasteiger partial charge in [0, 0.05) is 17.3 Å². The van der Waals surface area contributed by atoms with Crippen molar-refractivity contribution in [3.8, 4) is 39.1 Å². The third-order valence-electron chi connectivity index (χ3n) is 8.35. The van der Waals surface area contributed by atoms with Gasteiger partial charge in [0.1, 0.15) is 0 Å². The van der Waals surface area contributed by atoms with Gasteiger partial charge in [0.05, 0.1) is 16.6 Å². The van der Waals surface area contributed by atoms with Crippen LogP contribution in [-0.2, 0) is 0 Å². The molecule has 2 heterocycles. The van der Waals surface area contributed by atoms with Gasteiger partial charge in [-0.05, 0) is 91.3 Å². The van der Waals surface area contributed by atoms with Gasteiger partial charge in [-0.15, -0.1) is 0 Å². The number of pyridine rings is 1. The second kappa shape index (κ2) is 7.66. The van der Waals surface area contributed by atoms with Gasteiger partial charge in [-0.1, -0.05) is 91.0 Å². The highest BCUT2D eigenvalue weighted by Crippen LogP contribution is 2.49. The first-order chi connectivity index (χ1) is 19.3. The van der Waals surface area contributed by atoms with Crippen LogP contribution in [0, 0.1) is 0 Å². The van der Waals surface area contributed by atoms with Gasteiger partial charge in [-0.2, -0.15) is 0 Å². The first kappa shape index (κ1) is 20.8. The molecule has 0 spiro atoms. The van der Waals surface area contributed by atoms with Crippen molar-refractivity contribution >= 4 is 43.5 Å². The van der Waals surface area contributed by atoms with Crippen LogP contribution in [0.1, 0.15) is 0 Å². The van der Waals surface area contributed by atoms with E-state index in [1.165, 1.54) is 65.8 Å². The average Bonchev–Trinajstić information content (AvgIpc) is 3.50. The lowest BCUT2D eigenvalue weighted by atomic mass is 9.94. The van der Waals surface area contributed by atoms with Crippen molar-refractivity contribution in [3.05, 3.63) is 134 Å². The second-order valence-corrected chi connectivity index (χ2v) is 10.4. The minimum atomic E-state index is 1.03. The Morgan fingerprint density at radius 1 is 0.462 bits per heavy atom. The maximum Gasteiger partial charge on any atom is 0.0963 e. The quantitative estimate of drug-likeness (QED) is 0.234. The van der Waals surface area contributed by atoms with Crippen LogP contribution >= 0.6 is 0 Å². The molecule has 0 amide bonds. The highest BCUT2D eigenvalue weighted by Gasteiger charge is 2.22. The monoisotopic (exact) mass is 494 g/mol. The Bertz CT molecular complexity index is 2260. The van der Waals surface area contributed by atoms with Crippen LogP contribution in [0.5, 0.6) is 0 Å². The number of benzene rings is 6. The van der Waals surface area contributed by atoms with Crippen LogP contribution in [0.25, 0.3) is 82.5 Å². The Morgan fingerprint density at radius 2 is 1.18 bits per heavy atom. The molecule has 180 valence electrons. The lowest BCUT2D eigenvalue weighted by Crippen LogP contribution is -1.95. The Morgan fingerprint density at radius 3 is 2.05 bits per heavy atom. The van der Waals surface area contributed by atoms with E-state index in [4.69, 9.17) is 4.98 Å². The summed E-state index contributed by atoms with van der Waals surface area (Å²) in [6.07, 6.45) is 1.89. The summed E-state index contributed by atoms with van der Waals surface area (Å²) in [6.45, 7) is 0. The summed E-state index contributed by atoms with van der Waals surface area (Å²) in [4.78, 5) is 4.81. The zero-order valence-corrected chi connectivity index (χ0v) is 21.1. The molecule has 1 aliphatic rings. The molecule has 0 unspecified atom stereocenters. The van der Waals surface area contributed by atoms with Gasteiger partial charge in [-0.3, -0.25) is 4.98 Å². The van der Waals surface area contributed by atoms with Crippen LogP contribution in [-0.4, -0.2) is 9.55 Å². The van der Waals surface area contributed by atoms with Crippen LogP contribution in [0.2, 0.25) is 0 Å². The van der Waals surface area contributed by atoms with Crippen molar-refractivity contribution in [1.82, 2.24) is 9.55 Å². The molecule has 2 nitrogen and oxygen atoms in total. The summed E-state index contributed by atoms with van der Waals surface area (Å²) in [5, 5.41) is 6.30. The predicted octanol–water partition coefficient (Wildman–Crippen LogP) is 9.80. The van der Waals surface area contributed by atoms with Crippen LogP contribution < -0.4 is 0 Å². The highest BCUT2D eigenvalue weighted by atomic mass is 15.0. The van der Waals surface area contributed by atoms with Gasteiger partial charge in [-0.25, -0.2) is 0 Å². The van der Waals surface area contributed by atoms with Gasteiger partial charge in [0.25, 0.3) is 0 Å². The van der Waals surface area contributed by atoms with Crippen LogP contribution in [0.15, 0.2) is 134 Å². The Balaban J connectivity index is 1.30. The molecule has 39 heavy (non-hydrogen) atoms. The number of hydrogen-bond donors (Lipinski definition) is 0. The van der Waals surface area contributed by atoms with E-state index in [-0.39, 0.29) is 0 Å². The summed E-state index contributed by atoms with van der Waals surface area (Å²) < 4.78 is 2.36. The van der Waals surface area contributed by atoms with Gasteiger partial charge < -0.3 is 4.57 Å². The predicted molar refractivity (Wildman–Crippen MR) is 163 cm³/mol. The number of aromatic nitrogens is 2. The fourth-order valence-corrected chi connectivity index (χ4v) is 6.67. The molecule has 0 saturated carbocycles. The first-order valence-electron chi connectivity index (χ1n) is 13.4. The molecule has 1 aliphatic carbocycles. The van der Waals surface area contributed by atoms with Gasteiger partial charge in [0.15, 0.2) is 0 Å². The van der Waals surface area contributed by atoms with E-state index in [9.17, 15) is 0 Å². The van der Waals surface area contributed by atoms with Crippen LogP contribution in [0.3, 0.4) is 0 Å². The molecular weight excluding hydrogens is 472 g/mol. The maximum absolute atomic E-state index is 4.81. The SMILES string of the molecule is c1cc(-c2ccc3c4c(cccc24)-c2ccccc2-3)cc(-n2c3cc4ccccc4cc3c3ncccc32)c1. The van der Waals surface area contributed by atoms with E-state index >= 15 is 0 Å². The fraction of sp³-hybridized carbons (Fsp3) is 0. The van der Waals surface area contributed by atoms with E-state index in [2.05, 4.69) is 126 Å². The molecule has 2 heteroatoms. The van der Waals surface area contributed by atoms with E-state index in [1.54, 1.807) is 0 Å². The summed E-state index contributed by atoms with van der Waals surface area (Å²) in [6, 6.07) is 46.4. The normalized spacial score (nSPS) is 12.1. The molecule has 0 bridgehead atoms. The van der Waals surface area contributed by atoms with Gasteiger partial charge >= 0.3 is 0 Å². The molecule has 0 radical (unpaired) electrons. The lowest BCUT2D eigenvalue weighted by molar-refractivity contribution is 1.18. The third-order valence-corrected chi connectivity index (χ3v) is 8.35. The molecule has 0 N–H and O–H groups in total. The molecule has 6 aromatic carbocycles. The van der Waals surface area contributed by atoms with Crippen molar-refractivity contribution in [3.63, 3.8) is 0 Å². The Labute approximate surface area is 225 Å². The number of hydrogen-bond acceptors (Lipinski definition) is 1. The van der Waals surface area contributed by atoms with Crippen LogP contribution in [0.4, 0.5) is 0 Å². The van der Waals surface area contributed by atoms with Crippen molar-refractivity contribution in [2.75, 3.05) is 0 Å². The maximum atomic E-state index is 4.81. The molecule has 0 saturated heterocycles. The highest BCUT2D eigenvalue weighted by molar-refractivity contribution is 6.18. The minimum absolute atomic E-state index is 1.03. The van der Waals surface area contributed by atoms with Crippen molar-refractivity contribution in [2.24, 2.45) is 0 Å². The first-order valence-corrected chi connectivity index (χ1v) is 13.4. The van der Waals surface area contributed by atoms with E-state index in [1.807, 2.05) is 12.3 Å². The molecular formula is C37H22N2. The van der Waals surface area contributed by atoms with E-state index < -0.39 is 0 Å². The summed E-state index contributed by atoms with van der Waals surface area (Å²) in [7, 11) is 0. The largest absolute Gasteiger partial charge is 0.308 e. The third kappa shape index (κ3) is 2.83. The fourth-order valence-electron chi connectivity index (χ4n) is 6.67. The Kier molecular flexibility index (Phi) is 4.08. The topological polar surface area (TPSA) is 17.8 Å². The zero-order chi connectivity index (χ0) is 25.5. The average molecular weight is 495 g/mol. The van der Waals surface area contributed by atoms with Gasteiger partial charge in [0.2, 0.25) is 0 Å². The summed E-state index contributed by atoms with van der Waals surface area (Å²) in [5.74, 6) is 0. The Hall–Kier alpha value is -5.21. The molecule has 0 atom stereocenters. The zero-order valence-electron chi connectivity index (χ0n) is 21.1. The number of fused-ring (bicyclic) bond motifs is 7. The number of rotatable bonds is 2. The smallest absolute Gasteiger partial charge is 0.0963 e. The lowest BCUT2D eigenvalue weighted by Gasteiger charge is -2.13. The van der Waals surface area contributed by atoms with Crippen molar-refractivity contribution in [1.29, 1.82) is 0 Å². The summed E-state index contributed by atoms with van der Waals surface area (Å²) >= 11 is 0. The summed E-state index contributed by atoms with van der Waals surface area (Å²) in [5.41, 5.74) is 12.3. The molecule has 8 aromatic rings. The standard InChI is InChI=1S/C37H22N2/c1-2-9-24-22-35-33(21-23(24)8-1)37-34(16-7-19-38-37)39(35)26-11-5-10-25(20-26)27-17-18-32-29-13-4-3-12-28(29)31-15-6-14-30(27)36(31)32/h1-22H. The van der Waals surface area contributed by atoms with Crippen molar-refractivity contribution in [2.45, 2.75) is 0 Å². The molecule has 9 rings (SSSR count). The molecule has 0 fully saturated rings. The molecule has 2 aromatic heterocycles. The van der Waals surface area contributed by atoms with E-state index in [0.29, 0.717) is 0 Å².